The number of carbonyl (C=O) groups excluding carboxylic acids is 2. The number of carbonyl (C=O) groups is 2. The van der Waals surface area contributed by atoms with Crippen LogP contribution in [0.25, 0.3) is 0 Å². The molecule has 1 saturated heterocycles. The van der Waals surface area contributed by atoms with Crippen molar-refractivity contribution in [2.24, 2.45) is 0 Å². The lowest BCUT2D eigenvalue weighted by molar-refractivity contribution is -0.140. The van der Waals surface area contributed by atoms with Crippen LogP contribution in [0.1, 0.15) is 33.6 Å². The molecule has 0 saturated carbocycles. The minimum absolute atomic E-state index is 0.00139. The van der Waals surface area contributed by atoms with E-state index in [4.69, 9.17) is 0 Å². The fraction of sp³-hybridized carbons (Fsp3) is 0.636. The highest BCUT2D eigenvalue weighted by atomic mass is 16.5. The van der Waals surface area contributed by atoms with Gasteiger partial charge in [0.25, 0.3) is 0 Å². The van der Waals surface area contributed by atoms with Crippen LogP contribution in [0.4, 0.5) is 0 Å². The molecule has 4 heteroatoms. The lowest BCUT2D eigenvalue weighted by Gasteiger charge is -2.16. The van der Waals surface area contributed by atoms with Crippen LogP contribution >= 0.6 is 0 Å². The molecule has 1 amide bonds. The van der Waals surface area contributed by atoms with Crippen molar-refractivity contribution in [3.8, 4) is 0 Å². The van der Waals surface area contributed by atoms with Gasteiger partial charge in [-0.2, -0.15) is 0 Å². The molecule has 1 rings (SSSR count). The third-order valence-corrected chi connectivity index (χ3v) is 2.03. The zero-order valence-corrected chi connectivity index (χ0v) is 9.87. The van der Waals surface area contributed by atoms with Gasteiger partial charge in [0.1, 0.15) is 5.70 Å². The van der Waals surface area contributed by atoms with E-state index in [2.05, 4.69) is 4.74 Å². The average molecular weight is 213 g/mol. The SMILES string of the molecule is C/C=C(/C(=O)OC)N1CCCC1=O.CC. The van der Waals surface area contributed by atoms with Crippen molar-refractivity contribution in [3.63, 3.8) is 0 Å². The van der Waals surface area contributed by atoms with Crippen LogP contribution in [0.3, 0.4) is 0 Å². The Bertz CT molecular complexity index is 259. The van der Waals surface area contributed by atoms with E-state index in [0.717, 1.165) is 6.42 Å². The third kappa shape index (κ3) is 3.38. The van der Waals surface area contributed by atoms with Crippen molar-refractivity contribution in [2.45, 2.75) is 33.6 Å². The molecule has 0 spiro atoms. The first-order valence-corrected chi connectivity index (χ1v) is 5.25. The lowest BCUT2D eigenvalue weighted by Crippen LogP contribution is -2.29. The number of nitrogens with zero attached hydrogens (tertiary/aromatic N) is 1. The monoisotopic (exact) mass is 213 g/mol. The molecule has 0 aromatic carbocycles. The fourth-order valence-electron chi connectivity index (χ4n) is 1.39. The quantitative estimate of drug-likeness (QED) is 0.518. The molecule has 0 unspecified atom stereocenters. The minimum Gasteiger partial charge on any atom is -0.464 e. The number of hydrogen-bond donors (Lipinski definition) is 0. The molecule has 15 heavy (non-hydrogen) atoms. The van der Waals surface area contributed by atoms with Crippen LogP contribution in [0.5, 0.6) is 0 Å². The molecular weight excluding hydrogens is 194 g/mol. The summed E-state index contributed by atoms with van der Waals surface area (Å²) in [6, 6.07) is 0. The molecule has 0 aromatic rings. The highest BCUT2D eigenvalue weighted by Gasteiger charge is 2.27. The van der Waals surface area contributed by atoms with Gasteiger partial charge < -0.3 is 9.64 Å². The summed E-state index contributed by atoms with van der Waals surface area (Å²) in [6.07, 6.45) is 2.94. The molecule has 0 radical (unpaired) electrons. The van der Waals surface area contributed by atoms with Crippen molar-refractivity contribution in [3.05, 3.63) is 11.8 Å². The van der Waals surface area contributed by atoms with Crippen LogP contribution in [0, 0.1) is 0 Å². The second-order valence-electron chi connectivity index (χ2n) is 2.81. The van der Waals surface area contributed by atoms with E-state index in [1.54, 1.807) is 13.0 Å². The van der Waals surface area contributed by atoms with Gasteiger partial charge in [-0.25, -0.2) is 4.79 Å². The van der Waals surface area contributed by atoms with Gasteiger partial charge in [-0.05, 0) is 13.3 Å². The van der Waals surface area contributed by atoms with Crippen LogP contribution < -0.4 is 0 Å². The van der Waals surface area contributed by atoms with Gasteiger partial charge in [0.2, 0.25) is 5.91 Å². The Hall–Kier alpha value is -1.32. The largest absolute Gasteiger partial charge is 0.464 e. The first-order valence-electron chi connectivity index (χ1n) is 5.25. The predicted molar refractivity (Wildman–Crippen MR) is 58.1 cm³/mol. The topological polar surface area (TPSA) is 46.6 Å². The fourth-order valence-corrected chi connectivity index (χ4v) is 1.39. The first-order chi connectivity index (χ1) is 7.20. The Kier molecular flexibility index (Phi) is 6.42. The van der Waals surface area contributed by atoms with Crippen LogP contribution in [0.15, 0.2) is 11.8 Å². The lowest BCUT2D eigenvalue weighted by atomic mass is 10.3. The van der Waals surface area contributed by atoms with Gasteiger partial charge in [0.05, 0.1) is 7.11 Å². The summed E-state index contributed by atoms with van der Waals surface area (Å²) in [6.45, 7) is 6.34. The number of ether oxygens (including phenoxy) is 1. The van der Waals surface area contributed by atoms with E-state index in [1.165, 1.54) is 12.0 Å². The summed E-state index contributed by atoms with van der Waals surface area (Å²) in [5.41, 5.74) is 0.352. The number of allylic oxidation sites excluding steroid dienone is 1. The number of esters is 1. The first kappa shape index (κ1) is 13.7. The van der Waals surface area contributed by atoms with Gasteiger partial charge in [0, 0.05) is 13.0 Å². The molecule has 0 atom stereocenters. The van der Waals surface area contributed by atoms with E-state index < -0.39 is 5.97 Å². The third-order valence-electron chi connectivity index (χ3n) is 2.03. The van der Waals surface area contributed by atoms with Crippen LogP contribution in [0.2, 0.25) is 0 Å². The normalized spacial score (nSPS) is 15.9. The molecule has 1 heterocycles. The molecule has 1 aliphatic rings. The summed E-state index contributed by atoms with van der Waals surface area (Å²) in [5, 5.41) is 0. The molecule has 86 valence electrons. The van der Waals surface area contributed by atoms with Gasteiger partial charge in [-0.1, -0.05) is 19.9 Å². The predicted octanol–water partition coefficient (Wildman–Crippen LogP) is 1.71. The smallest absolute Gasteiger partial charge is 0.354 e. The molecule has 0 aromatic heterocycles. The second kappa shape index (κ2) is 7.04. The summed E-state index contributed by atoms with van der Waals surface area (Å²) in [5.74, 6) is -0.448. The maximum atomic E-state index is 11.3. The van der Waals surface area contributed by atoms with Crippen molar-refractivity contribution < 1.29 is 14.3 Å². The molecule has 0 N–H and O–H groups in total. The zero-order chi connectivity index (χ0) is 11.8. The molecule has 4 nitrogen and oxygen atoms in total. The highest BCUT2D eigenvalue weighted by molar-refractivity contribution is 5.94. The van der Waals surface area contributed by atoms with Gasteiger partial charge in [-0.15, -0.1) is 0 Å². The van der Waals surface area contributed by atoms with E-state index in [1.807, 2.05) is 13.8 Å². The van der Waals surface area contributed by atoms with Crippen molar-refractivity contribution in [1.82, 2.24) is 4.90 Å². The Morgan fingerprint density at radius 2 is 2.07 bits per heavy atom. The Morgan fingerprint density at radius 3 is 2.40 bits per heavy atom. The molecule has 0 bridgehead atoms. The zero-order valence-electron chi connectivity index (χ0n) is 9.87. The molecule has 0 aliphatic carbocycles. The van der Waals surface area contributed by atoms with Crippen molar-refractivity contribution >= 4 is 11.9 Å². The van der Waals surface area contributed by atoms with Crippen LogP contribution in [-0.4, -0.2) is 30.4 Å². The Labute approximate surface area is 90.9 Å². The van der Waals surface area contributed by atoms with E-state index in [-0.39, 0.29) is 5.91 Å². The van der Waals surface area contributed by atoms with Gasteiger partial charge in [0.15, 0.2) is 0 Å². The summed E-state index contributed by atoms with van der Waals surface area (Å²) >= 11 is 0. The van der Waals surface area contributed by atoms with Gasteiger partial charge in [-0.3, -0.25) is 4.79 Å². The Balaban J connectivity index is 0.000000921. The standard InChI is InChI=1S/C9H13NO3.C2H6/c1-3-7(9(12)13-2)10-6-4-5-8(10)11;1-2/h3H,4-6H2,1-2H3;1-2H3/b7-3-;. The van der Waals surface area contributed by atoms with E-state index >= 15 is 0 Å². The highest BCUT2D eigenvalue weighted by Crippen LogP contribution is 2.16. The minimum atomic E-state index is -0.447. The number of methoxy groups -OCH3 is 1. The summed E-state index contributed by atoms with van der Waals surface area (Å²) < 4.78 is 4.56. The average Bonchev–Trinajstić information content (AvgIpc) is 2.69. The molecular formula is C11H19NO3. The molecule has 1 aliphatic heterocycles. The van der Waals surface area contributed by atoms with E-state index in [0.29, 0.717) is 18.7 Å². The number of likely N-dealkylation sites (tertiary alicyclic amines) is 1. The number of amides is 1. The van der Waals surface area contributed by atoms with Crippen molar-refractivity contribution in [1.29, 1.82) is 0 Å². The maximum absolute atomic E-state index is 11.3. The van der Waals surface area contributed by atoms with Crippen LogP contribution in [-0.2, 0) is 14.3 Å². The maximum Gasteiger partial charge on any atom is 0.354 e. The van der Waals surface area contributed by atoms with Crippen molar-refractivity contribution in [2.75, 3.05) is 13.7 Å². The second-order valence-corrected chi connectivity index (χ2v) is 2.81. The van der Waals surface area contributed by atoms with Gasteiger partial charge >= 0.3 is 5.97 Å². The summed E-state index contributed by atoms with van der Waals surface area (Å²) in [7, 11) is 1.31. The number of rotatable bonds is 2. The Morgan fingerprint density at radius 1 is 1.47 bits per heavy atom. The van der Waals surface area contributed by atoms with E-state index in [9.17, 15) is 9.59 Å². The number of hydrogen-bond acceptors (Lipinski definition) is 3. The molecule has 1 fully saturated rings. The summed E-state index contributed by atoms with van der Waals surface area (Å²) in [4.78, 5) is 23.9.